The molecule has 0 bridgehead atoms. The number of methoxy groups -OCH3 is 1. The number of hydrogen-bond acceptors (Lipinski definition) is 11. The Morgan fingerprint density at radius 1 is 1.02 bits per heavy atom. The number of esters is 1. The number of fused-ring (bicyclic) bond motifs is 1. The van der Waals surface area contributed by atoms with Crippen molar-refractivity contribution >= 4 is 29.7 Å². The standard InChI is InChI=1S/C25H28FN5O2.C6H8O7/c1-16(2)22(25(32)33-3)29-23-19-15-31(14-17-7-9-18(26)10-8-17)13-11-20(19)28-24(30-23)21-6-4-5-12-27-21;7-3(8)1-6(13,5(11)12)2-4(9)10/h4-10,12,16,22H,11,13-15H2,1-3H3,(H,28,29,30);13H,1-2H2,(H,7,8)(H,9,10)(H,11,12). The minimum atomic E-state index is -2.74. The van der Waals surface area contributed by atoms with Gasteiger partial charge in [0.15, 0.2) is 11.4 Å². The average molecular weight is 642 g/mol. The topological polar surface area (TPSA) is 212 Å². The summed E-state index contributed by atoms with van der Waals surface area (Å²) in [6.45, 7) is 6.04. The lowest BCUT2D eigenvalue weighted by Gasteiger charge is -2.31. The third-order valence-electron chi connectivity index (χ3n) is 7.05. The second kappa shape index (κ2) is 15.8. The van der Waals surface area contributed by atoms with Crippen LogP contribution in [0.1, 0.15) is 43.5 Å². The zero-order valence-corrected chi connectivity index (χ0v) is 25.5. The van der Waals surface area contributed by atoms with Gasteiger partial charge in [-0.15, -0.1) is 0 Å². The number of nitrogens with one attached hydrogen (secondary N) is 1. The van der Waals surface area contributed by atoms with Gasteiger partial charge in [0.25, 0.3) is 0 Å². The van der Waals surface area contributed by atoms with Gasteiger partial charge in [0.1, 0.15) is 23.4 Å². The maximum atomic E-state index is 13.3. The van der Waals surface area contributed by atoms with E-state index in [0.717, 1.165) is 29.8 Å². The van der Waals surface area contributed by atoms with E-state index < -0.39 is 42.4 Å². The van der Waals surface area contributed by atoms with Gasteiger partial charge in [0.2, 0.25) is 0 Å². The summed E-state index contributed by atoms with van der Waals surface area (Å²) in [5.41, 5.74) is 0.872. The maximum Gasteiger partial charge on any atom is 0.336 e. The molecule has 14 nitrogen and oxygen atoms in total. The van der Waals surface area contributed by atoms with Crippen LogP contribution in [0.5, 0.6) is 0 Å². The number of aromatic nitrogens is 3. The second-order valence-corrected chi connectivity index (χ2v) is 11.0. The average Bonchev–Trinajstić information content (AvgIpc) is 3.00. The number of carbonyl (C=O) groups is 4. The monoisotopic (exact) mass is 641 g/mol. The molecule has 15 heteroatoms. The van der Waals surface area contributed by atoms with Gasteiger partial charge in [-0.1, -0.05) is 32.0 Å². The van der Waals surface area contributed by atoms with E-state index in [1.807, 2.05) is 32.0 Å². The lowest BCUT2D eigenvalue weighted by Crippen LogP contribution is -2.42. The Morgan fingerprint density at radius 3 is 2.20 bits per heavy atom. The van der Waals surface area contributed by atoms with E-state index in [1.165, 1.54) is 19.2 Å². The highest BCUT2D eigenvalue weighted by molar-refractivity contribution is 5.88. The van der Waals surface area contributed by atoms with Gasteiger partial charge >= 0.3 is 23.9 Å². The molecule has 1 atom stereocenters. The van der Waals surface area contributed by atoms with E-state index in [0.29, 0.717) is 30.4 Å². The summed E-state index contributed by atoms with van der Waals surface area (Å²) in [4.78, 5) is 59.2. The van der Waals surface area contributed by atoms with Crippen molar-refractivity contribution < 1.29 is 48.7 Å². The zero-order chi connectivity index (χ0) is 34.0. The summed E-state index contributed by atoms with van der Waals surface area (Å²) in [7, 11) is 1.39. The third-order valence-corrected chi connectivity index (χ3v) is 7.05. The molecule has 1 aliphatic rings. The molecular formula is C31H36FN5O9. The van der Waals surface area contributed by atoms with Crippen LogP contribution in [0.15, 0.2) is 48.7 Å². The van der Waals surface area contributed by atoms with Gasteiger partial charge in [0, 0.05) is 37.8 Å². The van der Waals surface area contributed by atoms with Crippen molar-refractivity contribution in [1.29, 1.82) is 0 Å². The quantitative estimate of drug-likeness (QED) is 0.180. The maximum absolute atomic E-state index is 13.3. The number of aliphatic hydroxyl groups is 1. The van der Waals surface area contributed by atoms with E-state index in [-0.39, 0.29) is 17.7 Å². The number of carbonyl (C=O) groups excluding carboxylic acids is 1. The van der Waals surface area contributed by atoms with Crippen molar-refractivity contribution in [2.24, 2.45) is 5.92 Å². The molecule has 3 heterocycles. The molecule has 1 unspecified atom stereocenters. The fourth-order valence-electron chi connectivity index (χ4n) is 4.67. The van der Waals surface area contributed by atoms with Gasteiger partial charge in [-0.25, -0.2) is 23.9 Å². The molecule has 5 N–H and O–H groups in total. The van der Waals surface area contributed by atoms with Crippen molar-refractivity contribution in [3.05, 3.63) is 71.3 Å². The van der Waals surface area contributed by atoms with Gasteiger partial charge in [0.05, 0.1) is 25.6 Å². The first-order chi connectivity index (χ1) is 21.7. The predicted molar refractivity (Wildman–Crippen MR) is 161 cm³/mol. The van der Waals surface area contributed by atoms with Crippen LogP contribution >= 0.6 is 0 Å². The fourth-order valence-corrected chi connectivity index (χ4v) is 4.67. The number of halogens is 1. The van der Waals surface area contributed by atoms with Gasteiger partial charge in [-0.3, -0.25) is 19.5 Å². The van der Waals surface area contributed by atoms with E-state index in [9.17, 15) is 23.6 Å². The summed E-state index contributed by atoms with van der Waals surface area (Å²) in [6, 6.07) is 11.6. The van der Waals surface area contributed by atoms with Crippen molar-refractivity contribution in [2.45, 2.75) is 57.8 Å². The normalized spacial score (nSPS) is 13.5. The number of ether oxygens (including phenoxy) is 1. The summed E-state index contributed by atoms with van der Waals surface area (Å²) in [6.07, 6.45) is 0.155. The highest BCUT2D eigenvalue weighted by atomic mass is 19.1. The molecule has 1 aromatic carbocycles. The smallest absolute Gasteiger partial charge is 0.336 e. The molecule has 0 saturated heterocycles. The molecular weight excluding hydrogens is 605 g/mol. The Labute approximate surface area is 263 Å². The zero-order valence-electron chi connectivity index (χ0n) is 25.5. The molecule has 46 heavy (non-hydrogen) atoms. The van der Waals surface area contributed by atoms with Crippen LogP contribution in [0.2, 0.25) is 0 Å². The van der Waals surface area contributed by atoms with Crippen LogP contribution in [-0.4, -0.2) is 89.5 Å². The molecule has 0 saturated carbocycles. The van der Waals surface area contributed by atoms with E-state index >= 15 is 0 Å². The second-order valence-electron chi connectivity index (χ2n) is 11.0. The Bertz CT molecular complexity index is 1520. The number of carboxylic acids is 3. The number of carboxylic acid groups (broad SMARTS) is 3. The van der Waals surface area contributed by atoms with Crippen molar-refractivity contribution in [3.8, 4) is 11.5 Å². The number of aliphatic carboxylic acids is 3. The predicted octanol–water partition coefficient (Wildman–Crippen LogP) is 2.60. The molecule has 0 fully saturated rings. The van der Waals surface area contributed by atoms with Crippen LogP contribution in [0, 0.1) is 11.7 Å². The molecule has 0 radical (unpaired) electrons. The number of benzene rings is 1. The minimum absolute atomic E-state index is 0.000254. The van der Waals surface area contributed by atoms with Gasteiger partial charge < -0.3 is 30.5 Å². The first-order valence-corrected chi connectivity index (χ1v) is 14.2. The van der Waals surface area contributed by atoms with Crippen molar-refractivity contribution in [1.82, 2.24) is 19.9 Å². The summed E-state index contributed by atoms with van der Waals surface area (Å²) in [5.74, 6) is -4.46. The number of rotatable bonds is 12. The van der Waals surface area contributed by atoms with E-state index in [4.69, 9.17) is 35.1 Å². The van der Waals surface area contributed by atoms with Crippen LogP contribution in [0.4, 0.5) is 10.2 Å². The van der Waals surface area contributed by atoms with E-state index in [2.05, 4.69) is 15.2 Å². The van der Waals surface area contributed by atoms with Gasteiger partial charge in [-0.05, 0) is 35.7 Å². The third kappa shape index (κ3) is 9.74. The molecule has 2 aromatic heterocycles. The minimum Gasteiger partial charge on any atom is -0.481 e. The lowest BCUT2D eigenvalue weighted by molar-refractivity contribution is -0.170. The van der Waals surface area contributed by atoms with Crippen molar-refractivity contribution in [3.63, 3.8) is 0 Å². The molecule has 4 rings (SSSR count). The number of nitrogens with zero attached hydrogens (tertiary/aromatic N) is 4. The fraction of sp³-hybridized carbons (Fsp3) is 0.387. The molecule has 0 amide bonds. The molecule has 246 valence electrons. The first kappa shape index (κ1) is 35.5. The SMILES string of the molecule is COC(=O)C(Nc1nc(-c2ccccn2)nc2c1CN(Cc1ccc(F)cc1)CC2)C(C)C.O=C(O)CC(O)(CC(=O)O)C(=O)O. The summed E-state index contributed by atoms with van der Waals surface area (Å²) >= 11 is 0. The van der Waals surface area contributed by atoms with Crippen LogP contribution in [-0.2, 0) is 43.4 Å². The highest BCUT2D eigenvalue weighted by Crippen LogP contribution is 2.29. The Hall–Kier alpha value is -5.02. The first-order valence-electron chi connectivity index (χ1n) is 14.2. The van der Waals surface area contributed by atoms with Gasteiger partial charge in [-0.2, -0.15) is 0 Å². The number of hydrogen-bond donors (Lipinski definition) is 5. The van der Waals surface area contributed by atoms with Crippen LogP contribution < -0.4 is 5.32 Å². The summed E-state index contributed by atoms with van der Waals surface area (Å²) < 4.78 is 18.3. The van der Waals surface area contributed by atoms with E-state index in [1.54, 1.807) is 18.3 Å². The largest absolute Gasteiger partial charge is 0.481 e. The van der Waals surface area contributed by atoms with Crippen LogP contribution in [0.3, 0.4) is 0 Å². The summed E-state index contributed by atoms with van der Waals surface area (Å²) in [5, 5.41) is 37.1. The number of anilines is 1. The number of pyridine rings is 1. The van der Waals surface area contributed by atoms with Crippen molar-refractivity contribution in [2.75, 3.05) is 19.0 Å². The molecule has 3 aromatic rings. The molecule has 0 aliphatic carbocycles. The molecule has 0 spiro atoms. The Morgan fingerprint density at radius 2 is 1.67 bits per heavy atom. The Kier molecular flexibility index (Phi) is 12.2. The van der Waals surface area contributed by atoms with Crippen LogP contribution in [0.25, 0.3) is 11.5 Å². The molecule has 1 aliphatic heterocycles. The highest BCUT2D eigenvalue weighted by Gasteiger charge is 2.40. The Balaban J connectivity index is 0.000000376. The lowest BCUT2D eigenvalue weighted by atomic mass is 9.96.